The minimum atomic E-state index is 0.973. The Hall–Kier alpha value is -3.28. The fraction of sp³-hybridized carbons (Fsp3) is 0.278. The minimum absolute atomic E-state index is 0.973. The van der Waals surface area contributed by atoms with Crippen molar-refractivity contribution in [1.29, 1.82) is 0 Å². The Morgan fingerprint density at radius 2 is 1.34 bits per heavy atom. The number of pyridine rings is 2. The fourth-order valence-corrected chi connectivity index (χ4v) is 6.85. The normalized spacial score (nSPS) is 12.0. The van der Waals surface area contributed by atoms with Crippen LogP contribution < -0.4 is 14.5 Å². The molecule has 0 aliphatic heterocycles. The van der Waals surface area contributed by atoms with Gasteiger partial charge in [-0.2, -0.15) is 4.57 Å². The molecule has 0 saturated heterocycles. The van der Waals surface area contributed by atoms with E-state index in [1.807, 2.05) is 21.6 Å². The highest BCUT2D eigenvalue weighted by Crippen LogP contribution is 2.23. The van der Waals surface area contributed by atoms with Crippen LogP contribution in [0.4, 0.5) is 5.69 Å². The molecule has 212 valence electrons. The van der Waals surface area contributed by atoms with Gasteiger partial charge in [0.05, 0.1) is 0 Å². The molecule has 2 heterocycles. The van der Waals surface area contributed by atoms with Crippen molar-refractivity contribution in [2.75, 3.05) is 23.4 Å². The quantitative estimate of drug-likeness (QED) is 0.0918. The van der Waals surface area contributed by atoms with Crippen molar-refractivity contribution in [3.05, 3.63) is 125 Å². The Morgan fingerprint density at radius 1 is 0.732 bits per heavy atom. The predicted octanol–water partition coefficient (Wildman–Crippen LogP) is 8.37. The second-order valence-corrected chi connectivity index (χ2v) is 13.0. The molecule has 4 rings (SSSR count). The van der Waals surface area contributed by atoms with Crippen LogP contribution in [0.5, 0.6) is 0 Å². The number of rotatable bonds is 14. The van der Waals surface area contributed by atoms with E-state index in [9.17, 15) is 0 Å². The molecule has 3 nitrogen and oxygen atoms in total. The number of nitrogens with one attached hydrogen (secondary N) is 1. The number of benzene rings is 2. The second-order valence-electron chi connectivity index (χ2n) is 10.3. The SMILES string of the molecule is CC[n+]1ccccc1/C(C)=C/c1ccc(NCCSSCCCc2ccc(/C=C(\C)c3cccc[n+]3C)cc2)cc1. The Kier molecular flexibility index (Phi) is 12.1. The lowest BCUT2D eigenvalue weighted by Gasteiger charge is -2.07. The molecule has 2 aromatic heterocycles. The first-order valence-corrected chi connectivity index (χ1v) is 17.0. The lowest BCUT2D eigenvalue weighted by atomic mass is 10.0. The maximum absolute atomic E-state index is 3.56. The summed E-state index contributed by atoms with van der Waals surface area (Å²) < 4.78 is 4.44. The molecule has 0 spiro atoms. The van der Waals surface area contributed by atoms with Crippen molar-refractivity contribution in [2.24, 2.45) is 7.05 Å². The summed E-state index contributed by atoms with van der Waals surface area (Å²) in [5.74, 6) is 2.27. The monoisotopic (exact) mass is 581 g/mol. The number of aryl methyl sites for hydroxylation is 3. The van der Waals surface area contributed by atoms with Crippen LogP contribution in [0.15, 0.2) is 97.3 Å². The predicted molar refractivity (Wildman–Crippen MR) is 182 cm³/mol. The molecular weight excluding hydrogens is 539 g/mol. The number of hydrogen-bond donors (Lipinski definition) is 1. The zero-order valence-corrected chi connectivity index (χ0v) is 26.5. The third kappa shape index (κ3) is 9.65. The van der Waals surface area contributed by atoms with Gasteiger partial charge in [0.2, 0.25) is 11.4 Å². The van der Waals surface area contributed by atoms with Crippen molar-refractivity contribution < 1.29 is 9.13 Å². The number of nitrogens with zero attached hydrogens (tertiary/aromatic N) is 2. The van der Waals surface area contributed by atoms with Crippen molar-refractivity contribution >= 4 is 50.6 Å². The molecule has 5 heteroatoms. The van der Waals surface area contributed by atoms with E-state index in [0.29, 0.717) is 0 Å². The van der Waals surface area contributed by atoms with Crippen LogP contribution in [0.25, 0.3) is 23.3 Å². The summed E-state index contributed by atoms with van der Waals surface area (Å²) in [4.78, 5) is 0. The van der Waals surface area contributed by atoms with Crippen molar-refractivity contribution in [1.82, 2.24) is 0 Å². The maximum atomic E-state index is 3.56. The van der Waals surface area contributed by atoms with Gasteiger partial charge in [0, 0.05) is 59.1 Å². The maximum Gasteiger partial charge on any atom is 0.208 e. The molecule has 0 unspecified atom stereocenters. The molecule has 0 atom stereocenters. The van der Waals surface area contributed by atoms with Crippen molar-refractivity contribution in [3.63, 3.8) is 0 Å². The van der Waals surface area contributed by atoms with Gasteiger partial charge in [0.25, 0.3) is 0 Å². The summed E-state index contributed by atoms with van der Waals surface area (Å²) in [6, 6.07) is 30.5. The highest BCUT2D eigenvalue weighted by molar-refractivity contribution is 8.76. The summed E-state index contributed by atoms with van der Waals surface area (Å²) in [6.45, 7) is 8.49. The van der Waals surface area contributed by atoms with Gasteiger partial charge < -0.3 is 5.32 Å². The Morgan fingerprint density at radius 3 is 2.02 bits per heavy atom. The number of allylic oxidation sites excluding steroid dienone is 2. The third-order valence-corrected chi connectivity index (χ3v) is 9.58. The van der Waals surface area contributed by atoms with Crippen LogP contribution in [0.2, 0.25) is 0 Å². The molecule has 41 heavy (non-hydrogen) atoms. The Bertz CT molecular complexity index is 1440. The van der Waals surface area contributed by atoms with Crippen molar-refractivity contribution in [3.8, 4) is 0 Å². The average molecular weight is 582 g/mol. The van der Waals surface area contributed by atoms with Gasteiger partial charge in [0.15, 0.2) is 12.4 Å². The zero-order valence-electron chi connectivity index (χ0n) is 24.8. The molecule has 0 bridgehead atoms. The summed E-state index contributed by atoms with van der Waals surface area (Å²) in [5.41, 5.74) is 10.1. The number of anilines is 1. The average Bonchev–Trinajstić information content (AvgIpc) is 3.00. The molecule has 0 aliphatic carbocycles. The van der Waals surface area contributed by atoms with Gasteiger partial charge in [-0.1, -0.05) is 58.0 Å². The summed E-state index contributed by atoms with van der Waals surface area (Å²) in [7, 11) is 6.04. The Labute approximate surface area is 254 Å². The topological polar surface area (TPSA) is 19.8 Å². The lowest BCUT2D eigenvalue weighted by molar-refractivity contribution is -0.695. The molecular formula is C36H43N3S2+2. The molecule has 1 N–H and O–H groups in total. The summed E-state index contributed by atoms with van der Waals surface area (Å²) in [5, 5.41) is 3.56. The van der Waals surface area contributed by atoms with Gasteiger partial charge in [-0.25, -0.2) is 4.57 Å². The molecule has 4 aromatic rings. The van der Waals surface area contributed by atoms with Gasteiger partial charge in [-0.15, -0.1) is 0 Å². The van der Waals surface area contributed by atoms with E-state index in [0.717, 1.165) is 25.3 Å². The second kappa shape index (κ2) is 16.2. The van der Waals surface area contributed by atoms with E-state index in [4.69, 9.17) is 0 Å². The fourth-order valence-electron chi connectivity index (χ4n) is 4.86. The first kappa shape index (κ1) is 30.7. The number of hydrogen-bond acceptors (Lipinski definition) is 3. The number of aromatic nitrogens is 2. The van der Waals surface area contributed by atoms with E-state index in [-0.39, 0.29) is 0 Å². The van der Waals surface area contributed by atoms with Gasteiger partial charge in [-0.3, -0.25) is 0 Å². The van der Waals surface area contributed by atoms with Gasteiger partial charge in [-0.05, 0) is 86.7 Å². The van der Waals surface area contributed by atoms with Crippen molar-refractivity contribution in [2.45, 2.75) is 40.2 Å². The van der Waals surface area contributed by atoms with Crippen LogP contribution >= 0.6 is 21.6 Å². The van der Waals surface area contributed by atoms with E-state index in [1.54, 1.807) is 0 Å². The van der Waals surface area contributed by atoms with Crippen LogP contribution in [0.1, 0.15) is 55.3 Å². The smallest absolute Gasteiger partial charge is 0.208 e. The van der Waals surface area contributed by atoms with E-state index >= 15 is 0 Å². The zero-order chi connectivity index (χ0) is 28.9. The molecule has 0 amide bonds. The third-order valence-electron chi connectivity index (χ3n) is 7.09. The van der Waals surface area contributed by atoms with Gasteiger partial charge in [0.1, 0.15) is 13.6 Å². The molecule has 0 fully saturated rings. The van der Waals surface area contributed by atoms with Crippen LogP contribution in [-0.2, 0) is 20.0 Å². The molecule has 0 aliphatic rings. The van der Waals surface area contributed by atoms with Crippen LogP contribution in [-0.4, -0.2) is 18.1 Å². The van der Waals surface area contributed by atoms with E-state index < -0.39 is 0 Å². The first-order chi connectivity index (χ1) is 20.0. The van der Waals surface area contributed by atoms with Crippen LogP contribution in [0, 0.1) is 0 Å². The van der Waals surface area contributed by atoms with E-state index in [2.05, 4.69) is 152 Å². The summed E-state index contributed by atoms with van der Waals surface area (Å²) >= 11 is 0. The van der Waals surface area contributed by atoms with Gasteiger partial charge >= 0.3 is 0 Å². The Balaban J connectivity index is 1.11. The van der Waals surface area contributed by atoms with E-state index in [1.165, 1.54) is 57.1 Å². The minimum Gasteiger partial charge on any atom is -0.384 e. The summed E-state index contributed by atoms with van der Waals surface area (Å²) in [6.07, 6.45) is 11.1. The molecule has 0 radical (unpaired) electrons. The lowest BCUT2D eigenvalue weighted by Crippen LogP contribution is -2.35. The highest BCUT2D eigenvalue weighted by Gasteiger charge is 2.09. The first-order valence-electron chi connectivity index (χ1n) is 14.5. The standard InChI is InChI=1S/C36H42N3S2/c1-5-39-24-9-7-13-36(39)30(3)28-33-18-20-34(21-19-33)37-22-26-41-40-25-10-11-31-14-16-32(17-15-31)27-29(2)35-12-6-8-23-38(35)4/h6-9,12-21,23-24,27-28H,5,10-11,22,25-26H2,1-4H3/q+1/p+1/b29-27+. The molecule has 2 aromatic carbocycles. The largest absolute Gasteiger partial charge is 0.384 e. The molecule has 0 saturated carbocycles. The highest BCUT2D eigenvalue weighted by atomic mass is 33.1. The van der Waals surface area contributed by atoms with Crippen LogP contribution in [0.3, 0.4) is 0 Å².